The normalized spacial score (nSPS) is 14.1. The van der Waals surface area contributed by atoms with Crippen molar-refractivity contribution >= 4 is 47.2 Å². The van der Waals surface area contributed by atoms with Crippen molar-refractivity contribution in [1.82, 2.24) is 14.8 Å². The molecule has 3 heterocycles. The minimum Gasteiger partial charge on any atom is -0.489 e. The van der Waals surface area contributed by atoms with Crippen LogP contribution in [0, 0.1) is 13.8 Å². The second-order valence-electron chi connectivity index (χ2n) is 9.33. The molecule has 3 amide bonds. The van der Waals surface area contributed by atoms with Gasteiger partial charge in [0.15, 0.2) is 0 Å². The third-order valence-corrected chi connectivity index (χ3v) is 7.32. The lowest BCUT2D eigenvalue weighted by atomic mass is 10.2. The van der Waals surface area contributed by atoms with Crippen LogP contribution in [-0.4, -0.2) is 34.5 Å². The Hall–Kier alpha value is -4.47. The van der Waals surface area contributed by atoms with E-state index in [1.807, 2.05) is 54.8 Å². The van der Waals surface area contributed by atoms with Gasteiger partial charge in [0.2, 0.25) is 5.76 Å². The fraction of sp³-hybridized carbons (Fsp3) is 0.167. The number of aryl methyl sites for hydroxylation is 1. The summed E-state index contributed by atoms with van der Waals surface area (Å²) >= 11 is 12.1. The highest BCUT2D eigenvalue weighted by Gasteiger charge is 2.34. The Morgan fingerprint density at radius 2 is 1.76 bits per heavy atom. The highest BCUT2D eigenvalue weighted by atomic mass is 35.5. The summed E-state index contributed by atoms with van der Waals surface area (Å²) in [7, 11) is 1.24. The van der Waals surface area contributed by atoms with Gasteiger partial charge >= 0.3 is 12.0 Å². The maximum absolute atomic E-state index is 13.0. The summed E-state index contributed by atoms with van der Waals surface area (Å²) in [4.78, 5) is 38.2. The number of methoxy groups -OCH3 is 1. The van der Waals surface area contributed by atoms with Gasteiger partial charge in [0.05, 0.1) is 23.7 Å². The Morgan fingerprint density at radius 3 is 2.46 bits per heavy atom. The number of hydrogen-bond donors (Lipinski definition) is 1. The lowest BCUT2D eigenvalue weighted by Gasteiger charge is -2.12. The first kappa shape index (κ1) is 28.1. The molecule has 0 bridgehead atoms. The lowest BCUT2D eigenvalue weighted by molar-refractivity contribution is -0.123. The van der Waals surface area contributed by atoms with E-state index in [1.165, 1.54) is 19.2 Å². The van der Waals surface area contributed by atoms with Crippen LogP contribution in [0.15, 0.2) is 70.8 Å². The van der Waals surface area contributed by atoms with Gasteiger partial charge in [-0.1, -0.05) is 29.3 Å². The van der Waals surface area contributed by atoms with E-state index in [1.54, 1.807) is 18.2 Å². The molecule has 0 saturated carbocycles. The second kappa shape index (κ2) is 11.6. The number of aromatic nitrogens is 1. The number of benzene rings is 2. The summed E-state index contributed by atoms with van der Waals surface area (Å²) < 4.78 is 18.0. The minimum absolute atomic E-state index is 0.0103. The fourth-order valence-corrected chi connectivity index (χ4v) is 4.84. The number of carbonyl (C=O) groups is 3. The van der Waals surface area contributed by atoms with E-state index in [-0.39, 0.29) is 23.8 Å². The first-order chi connectivity index (χ1) is 19.6. The van der Waals surface area contributed by atoms with Crippen LogP contribution in [0.25, 0.3) is 11.8 Å². The fourth-order valence-electron chi connectivity index (χ4n) is 4.52. The number of nitrogens with one attached hydrogen (secondary N) is 1. The van der Waals surface area contributed by atoms with Crippen molar-refractivity contribution in [1.29, 1.82) is 0 Å². The van der Waals surface area contributed by atoms with Crippen molar-refractivity contribution in [3.05, 3.63) is 110 Å². The van der Waals surface area contributed by atoms with Gasteiger partial charge in [-0.05, 0) is 85.6 Å². The monoisotopic (exact) mass is 593 g/mol. The van der Waals surface area contributed by atoms with Gasteiger partial charge in [0.25, 0.3) is 5.91 Å². The second-order valence-corrected chi connectivity index (χ2v) is 10.1. The van der Waals surface area contributed by atoms with E-state index in [4.69, 9.17) is 32.4 Å². The van der Waals surface area contributed by atoms with E-state index in [2.05, 4.69) is 10.1 Å². The minimum atomic E-state index is -0.644. The topological polar surface area (TPSA) is 103 Å². The summed E-state index contributed by atoms with van der Waals surface area (Å²) in [6.45, 7) is 4.11. The number of furan rings is 1. The van der Waals surface area contributed by atoms with E-state index in [0.717, 1.165) is 33.1 Å². The Bertz CT molecular complexity index is 1690. The summed E-state index contributed by atoms with van der Waals surface area (Å²) in [6.07, 6.45) is 1.65. The zero-order valence-electron chi connectivity index (χ0n) is 22.4. The Labute approximate surface area is 245 Å². The molecule has 1 saturated heterocycles. The highest BCUT2D eigenvalue weighted by Crippen LogP contribution is 2.27. The number of esters is 1. The zero-order valence-corrected chi connectivity index (χ0v) is 23.9. The third-order valence-electron chi connectivity index (χ3n) is 6.58. The number of rotatable bonds is 8. The van der Waals surface area contributed by atoms with E-state index in [0.29, 0.717) is 22.4 Å². The number of imide groups is 1. The average molecular weight is 594 g/mol. The van der Waals surface area contributed by atoms with Crippen LogP contribution >= 0.6 is 23.2 Å². The van der Waals surface area contributed by atoms with Crippen molar-refractivity contribution in [2.24, 2.45) is 0 Å². The van der Waals surface area contributed by atoms with Crippen LogP contribution in [0.3, 0.4) is 0 Å². The molecule has 2 aromatic carbocycles. The molecule has 1 aliphatic heterocycles. The van der Waals surface area contributed by atoms with E-state index in [9.17, 15) is 14.4 Å². The summed E-state index contributed by atoms with van der Waals surface area (Å²) in [5, 5.41) is 3.60. The van der Waals surface area contributed by atoms with Gasteiger partial charge in [-0.3, -0.25) is 9.69 Å². The molecule has 0 aliphatic carbocycles. The number of urea groups is 1. The third kappa shape index (κ3) is 5.86. The van der Waals surface area contributed by atoms with Crippen molar-refractivity contribution in [3.8, 4) is 11.4 Å². The van der Waals surface area contributed by atoms with Crippen molar-refractivity contribution in [2.45, 2.75) is 27.0 Å². The number of amides is 3. The smallest absolute Gasteiger partial charge is 0.373 e. The number of carbonyl (C=O) groups excluding carboxylic acids is 3. The maximum atomic E-state index is 13.0. The number of ether oxygens (including phenoxy) is 2. The number of halogens is 2. The molecule has 210 valence electrons. The number of nitrogens with zero attached hydrogens (tertiary/aromatic N) is 2. The standard InChI is InChI=1S/C30H25Cl2N3O6/c1-17-12-20(14-26-28(36)34(30(38)33-26)15-23-9-11-27(41-23)29(37)39-3)18(2)35(17)21-5-7-22(8-6-21)40-16-19-4-10-24(31)25(32)13-19/h4-14H,15-16H2,1-3H3,(H,33,38)/b26-14-. The molecular weight excluding hydrogens is 569 g/mol. The highest BCUT2D eigenvalue weighted by molar-refractivity contribution is 6.42. The van der Waals surface area contributed by atoms with Gasteiger partial charge in [0.1, 0.15) is 23.8 Å². The predicted molar refractivity (Wildman–Crippen MR) is 153 cm³/mol. The molecule has 2 aromatic heterocycles. The lowest BCUT2D eigenvalue weighted by Crippen LogP contribution is -2.30. The molecule has 1 fully saturated rings. The summed E-state index contributed by atoms with van der Waals surface area (Å²) in [5.74, 6) is -0.185. The summed E-state index contributed by atoms with van der Waals surface area (Å²) in [6, 6.07) is 17.3. The molecule has 1 aliphatic rings. The first-order valence-electron chi connectivity index (χ1n) is 12.5. The van der Waals surface area contributed by atoms with Gasteiger partial charge in [-0.25, -0.2) is 9.59 Å². The van der Waals surface area contributed by atoms with Gasteiger partial charge in [-0.15, -0.1) is 0 Å². The quantitative estimate of drug-likeness (QED) is 0.143. The van der Waals surface area contributed by atoms with Crippen LogP contribution in [0.2, 0.25) is 10.0 Å². The maximum Gasteiger partial charge on any atom is 0.373 e. The molecule has 0 spiro atoms. The molecule has 0 unspecified atom stereocenters. The molecule has 4 aromatic rings. The van der Waals surface area contributed by atoms with Crippen LogP contribution < -0.4 is 10.1 Å². The van der Waals surface area contributed by atoms with Crippen molar-refractivity contribution in [2.75, 3.05) is 7.11 Å². The Kier molecular flexibility index (Phi) is 7.92. The summed E-state index contributed by atoms with van der Waals surface area (Å²) in [5.41, 5.74) is 4.56. The van der Waals surface area contributed by atoms with Gasteiger partial charge < -0.3 is 23.8 Å². The van der Waals surface area contributed by atoms with Gasteiger partial charge in [-0.2, -0.15) is 0 Å². The predicted octanol–water partition coefficient (Wildman–Crippen LogP) is 6.45. The van der Waals surface area contributed by atoms with Crippen LogP contribution in [0.1, 0.15) is 38.8 Å². The van der Waals surface area contributed by atoms with E-state index >= 15 is 0 Å². The molecule has 9 nitrogen and oxygen atoms in total. The molecule has 1 N–H and O–H groups in total. The number of hydrogen-bond acceptors (Lipinski definition) is 6. The SMILES string of the molecule is COC(=O)c1ccc(CN2C(=O)N/C(=C\c3cc(C)n(-c4ccc(OCc5ccc(Cl)c(Cl)c5)cc4)c3C)C2=O)o1. The largest absolute Gasteiger partial charge is 0.489 e. The zero-order chi connectivity index (χ0) is 29.3. The molecule has 0 atom stereocenters. The van der Waals surface area contributed by atoms with Gasteiger partial charge in [0, 0.05) is 17.1 Å². The molecular formula is C30H25Cl2N3O6. The Balaban J connectivity index is 1.29. The Morgan fingerprint density at radius 1 is 1.00 bits per heavy atom. The average Bonchev–Trinajstić information content (AvgIpc) is 3.62. The molecule has 41 heavy (non-hydrogen) atoms. The van der Waals surface area contributed by atoms with Crippen LogP contribution in [0.4, 0.5) is 4.79 Å². The van der Waals surface area contributed by atoms with Crippen LogP contribution in [-0.2, 0) is 22.7 Å². The molecule has 11 heteroatoms. The van der Waals surface area contributed by atoms with Crippen molar-refractivity contribution < 1.29 is 28.3 Å². The van der Waals surface area contributed by atoms with E-state index < -0.39 is 17.9 Å². The first-order valence-corrected chi connectivity index (χ1v) is 13.3. The molecule has 5 rings (SSSR count). The molecule has 0 radical (unpaired) electrons. The van der Waals surface area contributed by atoms with Crippen LogP contribution in [0.5, 0.6) is 5.75 Å². The van der Waals surface area contributed by atoms with Crippen molar-refractivity contribution in [3.63, 3.8) is 0 Å².